The Bertz CT molecular complexity index is 609. The zero-order chi connectivity index (χ0) is 15.1. The van der Waals surface area contributed by atoms with Crippen molar-refractivity contribution in [3.8, 4) is 0 Å². The SMILES string of the molecule is Cc1ccc(C(C)(C)C)c2occ(CNC(C)(C)C)c12. The molecule has 0 amide bonds. The van der Waals surface area contributed by atoms with E-state index < -0.39 is 0 Å². The lowest BCUT2D eigenvalue weighted by atomic mass is 9.85. The van der Waals surface area contributed by atoms with Crippen LogP contribution >= 0.6 is 0 Å². The van der Waals surface area contributed by atoms with Crippen LogP contribution in [0.25, 0.3) is 11.0 Å². The van der Waals surface area contributed by atoms with Crippen LogP contribution in [0.4, 0.5) is 0 Å². The highest BCUT2D eigenvalue weighted by Crippen LogP contribution is 2.34. The number of benzene rings is 1. The van der Waals surface area contributed by atoms with Crippen molar-refractivity contribution in [2.45, 2.75) is 66.0 Å². The number of furan rings is 1. The molecule has 1 heterocycles. The Kier molecular flexibility index (Phi) is 3.72. The molecular weight excluding hydrogens is 246 g/mol. The molecular formula is C18H27NO. The van der Waals surface area contributed by atoms with Crippen LogP contribution in [0.3, 0.4) is 0 Å². The van der Waals surface area contributed by atoms with Crippen molar-refractivity contribution < 1.29 is 4.42 Å². The van der Waals surface area contributed by atoms with Crippen molar-refractivity contribution in [2.75, 3.05) is 0 Å². The molecule has 0 unspecified atom stereocenters. The van der Waals surface area contributed by atoms with E-state index in [0.717, 1.165) is 12.1 Å². The topological polar surface area (TPSA) is 25.2 Å². The lowest BCUT2D eigenvalue weighted by Gasteiger charge is -2.21. The molecule has 2 heteroatoms. The van der Waals surface area contributed by atoms with Gasteiger partial charge in [0.15, 0.2) is 0 Å². The Morgan fingerprint density at radius 3 is 2.25 bits per heavy atom. The van der Waals surface area contributed by atoms with Gasteiger partial charge in [0.25, 0.3) is 0 Å². The van der Waals surface area contributed by atoms with Gasteiger partial charge in [0.2, 0.25) is 0 Å². The third-order valence-corrected chi connectivity index (χ3v) is 3.62. The summed E-state index contributed by atoms with van der Waals surface area (Å²) in [4.78, 5) is 0. The molecule has 0 fully saturated rings. The number of aryl methyl sites for hydroxylation is 1. The quantitative estimate of drug-likeness (QED) is 0.839. The van der Waals surface area contributed by atoms with E-state index in [-0.39, 0.29) is 11.0 Å². The average molecular weight is 273 g/mol. The van der Waals surface area contributed by atoms with Crippen molar-refractivity contribution in [3.05, 3.63) is 35.1 Å². The molecule has 0 aliphatic rings. The summed E-state index contributed by atoms with van der Waals surface area (Å²) in [5, 5.41) is 4.81. The van der Waals surface area contributed by atoms with Gasteiger partial charge in [0.1, 0.15) is 5.58 Å². The predicted molar refractivity (Wildman–Crippen MR) is 86.2 cm³/mol. The number of hydrogen-bond donors (Lipinski definition) is 1. The fourth-order valence-corrected chi connectivity index (χ4v) is 2.47. The first-order valence-corrected chi connectivity index (χ1v) is 7.35. The molecule has 0 bridgehead atoms. The lowest BCUT2D eigenvalue weighted by Crippen LogP contribution is -2.35. The molecule has 20 heavy (non-hydrogen) atoms. The molecule has 1 N–H and O–H groups in total. The fourth-order valence-electron chi connectivity index (χ4n) is 2.47. The Hall–Kier alpha value is -1.28. The van der Waals surface area contributed by atoms with Gasteiger partial charge in [-0.05, 0) is 38.7 Å². The first-order valence-electron chi connectivity index (χ1n) is 7.35. The van der Waals surface area contributed by atoms with E-state index in [4.69, 9.17) is 4.42 Å². The molecule has 0 radical (unpaired) electrons. The minimum absolute atomic E-state index is 0.0958. The molecule has 1 aromatic carbocycles. The van der Waals surface area contributed by atoms with Gasteiger partial charge in [-0.1, -0.05) is 32.9 Å². The Morgan fingerprint density at radius 1 is 1.05 bits per heavy atom. The maximum absolute atomic E-state index is 5.91. The van der Waals surface area contributed by atoms with Crippen molar-refractivity contribution in [3.63, 3.8) is 0 Å². The molecule has 2 rings (SSSR count). The molecule has 2 aromatic rings. The second-order valence-electron chi connectivity index (χ2n) is 7.75. The summed E-state index contributed by atoms with van der Waals surface area (Å²) >= 11 is 0. The summed E-state index contributed by atoms with van der Waals surface area (Å²) in [6.45, 7) is 16.2. The second kappa shape index (κ2) is 4.92. The highest BCUT2D eigenvalue weighted by atomic mass is 16.3. The highest BCUT2D eigenvalue weighted by molar-refractivity contribution is 5.87. The average Bonchev–Trinajstić information content (AvgIpc) is 2.68. The Morgan fingerprint density at radius 2 is 1.70 bits per heavy atom. The van der Waals surface area contributed by atoms with Gasteiger partial charge in [-0.3, -0.25) is 0 Å². The lowest BCUT2D eigenvalue weighted by molar-refractivity contribution is 0.423. The first kappa shape index (κ1) is 15.1. The maximum atomic E-state index is 5.91. The zero-order valence-electron chi connectivity index (χ0n) is 13.8. The molecule has 0 saturated heterocycles. The summed E-state index contributed by atoms with van der Waals surface area (Å²) in [5.74, 6) is 0. The van der Waals surface area contributed by atoms with E-state index in [2.05, 4.69) is 65.9 Å². The number of fused-ring (bicyclic) bond motifs is 1. The van der Waals surface area contributed by atoms with Crippen molar-refractivity contribution in [2.24, 2.45) is 0 Å². The number of rotatable bonds is 2. The van der Waals surface area contributed by atoms with E-state index in [9.17, 15) is 0 Å². The largest absolute Gasteiger partial charge is 0.464 e. The van der Waals surface area contributed by atoms with Crippen LogP contribution in [0.5, 0.6) is 0 Å². The van der Waals surface area contributed by atoms with Gasteiger partial charge in [-0.15, -0.1) is 0 Å². The van der Waals surface area contributed by atoms with E-state index in [1.165, 1.54) is 22.1 Å². The summed E-state index contributed by atoms with van der Waals surface area (Å²) < 4.78 is 5.91. The van der Waals surface area contributed by atoms with Gasteiger partial charge in [0.05, 0.1) is 6.26 Å². The summed E-state index contributed by atoms with van der Waals surface area (Å²) in [6.07, 6.45) is 1.91. The Labute approximate surface area is 122 Å². The minimum atomic E-state index is 0.0958. The van der Waals surface area contributed by atoms with Gasteiger partial charge in [0, 0.05) is 28.6 Å². The molecule has 0 atom stereocenters. The van der Waals surface area contributed by atoms with Gasteiger partial charge in [-0.2, -0.15) is 0 Å². The number of hydrogen-bond acceptors (Lipinski definition) is 2. The van der Waals surface area contributed by atoms with Crippen molar-refractivity contribution in [1.29, 1.82) is 0 Å². The van der Waals surface area contributed by atoms with E-state index >= 15 is 0 Å². The van der Waals surface area contributed by atoms with Gasteiger partial charge in [-0.25, -0.2) is 0 Å². The number of nitrogens with one attached hydrogen (secondary N) is 1. The molecule has 2 nitrogen and oxygen atoms in total. The molecule has 0 aliphatic heterocycles. The standard InChI is InChI=1S/C18H27NO/c1-12-8-9-14(17(2,3)4)16-15(12)13(11-20-16)10-19-18(5,6)7/h8-9,11,19H,10H2,1-7H3. The normalized spacial score (nSPS) is 13.2. The van der Waals surface area contributed by atoms with E-state index in [1.54, 1.807) is 0 Å². The molecule has 0 spiro atoms. The zero-order valence-corrected chi connectivity index (χ0v) is 13.8. The third kappa shape index (κ3) is 3.06. The van der Waals surface area contributed by atoms with Crippen LogP contribution in [0, 0.1) is 6.92 Å². The molecule has 1 aromatic heterocycles. The second-order valence-corrected chi connectivity index (χ2v) is 7.75. The third-order valence-electron chi connectivity index (χ3n) is 3.62. The highest BCUT2D eigenvalue weighted by Gasteiger charge is 2.21. The van der Waals surface area contributed by atoms with Crippen LogP contribution in [0.15, 0.2) is 22.8 Å². The summed E-state index contributed by atoms with van der Waals surface area (Å²) in [7, 11) is 0. The fraction of sp³-hybridized carbons (Fsp3) is 0.556. The van der Waals surface area contributed by atoms with Crippen LogP contribution < -0.4 is 5.32 Å². The first-order chi connectivity index (χ1) is 9.09. The van der Waals surface area contributed by atoms with Crippen LogP contribution in [0.1, 0.15) is 58.2 Å². The predicted octanol–water partition coefficient (Wildman–Crippen LogP) is 4.93. The van der Waals surface area contributed by atoms with E-state index in [0.29, 0.717) is 0 Å². The van der Waals surface area contributed by atoms with Gasteiger partial charge >= 0.3 is 0 Å². The molecule has 0 aliphatic carbocycles. The van der Waals surface area contributed by atoms with Crippen LogP contribution in [-0.4, -0.2) is 5.54 Å². The van der Waals surface area contributed by atoms with Crippen molar-refractivity contribution >= 4 is 11.0 Å². The molecule has 110 valence electrons. The smallest absolute Gasteiger partial charge is 0.138 e. The summed E-state index contributed by atoms with van der Waals surface area (Å²) in [5.41, 5.74) is 5.06. The molecule has 0 saturated carbocycles. The van der Waals surface area contributed by atoms with E-state index in [1.807, 2.05) is 6.26 Å². The summed E-state index contributed by atoms with van der Waals surface area (Å²) in [6, 6.07) is 4.40. The maximum Gasteiger partial charge on any atom is 0.138 e. The van der Waals surface area contributed by atoms with Gasteiger partial charge < -0.3 is 9.73 Å². The monoisotopic (exact) mass is 273 g/mol. The van der Waals surface area contributed by atoms with Crippen LogP contribution in [0.2, 0.25) is 0 Å². The van der Waals surface area contributed by atoms with Crippen molar-refractivity contribution in [1.82, 2.24) is 5.32 Å². The Balaban J connectivity index is 2.50. The van der Waals surface area contributed by atoms with Crippen LogP contribution in [-0.2, 0) is 12.0 Å². The minimum Gasteiger partial charge on any atom is -0.464 e.